The van der Waals surface area contributed by atoms with Gasteiger partial charge in [0.25, 0.3) is 5.56 Å². The van der Waals surface area contributed by atoms with E-state index in [4.69, 9.17) is 4.74 Å². The Morgan fingerprint density at radius 1 is 0.929 bits per heavy atom. The first-order chi connectivity index (χ1) is 13.5. The fourth-order valence-corrected chi connectivity index (χ4v) is 3.33. The highest BCUT2D eigenvalue weighted by molar-refractivity contribution is 5.77. The molecule has 7 nitrogen and oxygen atoms in total. The Hall–Kier alpha value is -3.61. The van der Waals surface area contributed by atoms with Crippen molar-refractivity contribution in [3.63, 3.8) is 0 Å². The van der Waals surface area contributed by atoms with Gasteiger partial charge in [0.2, 0.25) is 0 Å². The molecule has 0 aliphatic carbocycles. The van der Waals surface area contributed by atoms with Crippen LogP contribution in [-0.4, -0.2) is 25.8 Å². The summed E-state index contributed by atoms with van der Waals surface area (Å²) in [5.41, 5.74) is 1.88. The van der Waals surface area contributed by atoms with E-state index in [9.17, 15) is 9.59 Å². The van der Waals surface area contributed by atoms with Crippen LogP contribution in [0.15, 0.2) is 64.2 Å². The van der Waals surface area contributed by atoms with Gasteiger partial charge < -0.3 is 9.30 Å². The van der Waals surface area contributed by atoms with Gasteiger partial charge in [0.05, 0.1) is 7.11 Å². The van der Waals surface area contributed by atoms with E-state index in [-0.39, 0.29) is 5.56 Å². The van der Waals surface area contributed by atoms with Gasteiger partial charge in [-0.05, 0) is 29.8 Å². The van der Waals surface area contributed by atoms with Gasteiger partial charge in [-0.25, -0.2) is 9.78 Å². The zero-order chi connectivity index (χ0) is 19.8. The maximum absolute atomic E-state index is 12.9. The molecule has 0 bridgehead atoms. The lowest BCUT2D eigenvalue weighted by Gasteiger charge is -2.10. The normalized spacial score (nSPS) is 11.1. The molecule has 0 saturated carbocycles. The van der Waals surface area contributed by atoms with Crippen molar-refractivity contribution in [1.82, 2.24) is 18.7 Å². The first kappa shape index (κ1) is 17.8. The Morgan fingerprint density at radius 3 is 2.25 bits per heavy atom. The summed E-state index contributed by atoms with van der Waals surface area (Å²) in [6, 6.07) is 17.3. The second-order valence-corrected chi connectivity index (χ2v) is 6.61. The van der Waals surface area contributed by atoms with Crippen LogP contribution in [0, 0.1) is 0 Å². The molecule has 4 aromatic rings. The molecule has 7 heteroatoms. The van der Waals surface area contributed by atoms with Crippen LogP contribution in [0.1, 0.15) is 5.56 Å². The molecule has 0 unspecified atom stereocenters. The van der Waals surface area contributed by atoms with Crippen molar-refractivity contribution < 1.29 is 4.74 Å². The number of hydrogen-bond donors (Lipinski definition) is 0. The maximum Gasteiger partial charge on any atom is 0.332 e. The monoisotopic (exact) mass is 376 g/mol. The zero-order valence-corrected chi connectivity index (χ0v) is 15.9. The van der Waals surface area contributed by atoms with E-state index in [0.717, 1.165) is 21.4 Å². The molecule has 0 N–H and O–H groups in total. The van der Waals surface area contributed by atoms with Gasteiger partial charge in [-0.2, -0.15) is 0 Å². The fourth-order valence-electron chi connectivity index (χ4n) is 3.33. The Bertz CT molecular complexity index is 1270. The van der Waals surface area contributed by atoms with Crippen LogP contribution in [0.3, 0.4) is 0 Å². The molecule has 0 spiro atoms. The van der Waals surface area contributed by atoms with Crippen molar-refractivity contribution >= 4 is 11.2 Å². The lowest BCUT2D eigenvalue weighted by molar-refractivity contribution is 0.415. The van der Waals surface area contributed by atoms with E-state index in [1.807, 2.05) is 59.2 Å². The fraction of sp³-hybridized carbons (Fsp3) is 0.190. The quantitative estimate of drug-likeness (QED) is 0.547. The van der Waals surface area contributed by atoms with Crippen LogP contribution in [-0.2, 0) is 20.6 Å². The standard InChI is InChI=1S/C21H20N4O3/c1-23-19-17(20(26)24(2)21(23)27)25(13-14-7-5-4-6-8-14)18(22-19)15-9-11-16(28-3)12-10-15/h4-12H,13H2,1-3H3. The van der Waals surface area contributed by atoms with Gasteiger partial charge in [0.15, 0.2) is 11.2 Å². The third-order valence-corrected chi connectivity index (χ3v) is 4.88. The molecular weight excluding hydrogens is 356 g/mol. The molecule has 2 aromatic carbocycles. The lowest BCUT2D eigenvalue weighted by Crippen LogP contribution is -2.37. The van der Waals surface area contributed by atoms with E-state index in [1.165, 1.54) is 11.6 Å². The Labute approximate surface area is 161 Å². The molecule has 0 atom stereocenters. The summed E-state index contributed by atoms with van der Waals surface area (Å²) < 4.78 is 9.63. The average Bonchev–Trinajstić information content (AvgIpc) is 3.11. The summed E-state index contributed by atoms with van der Waals surface area (Å²) in [5, 5.41) is 0. The van der Waals surface area contributed by atoms with Crippen LogP contribution < -0.4 is 16.0 Å². The minimum absolute atomic E-state index is 0.360. The van der Waals surface area contributed by atoms with E-state index in [1.54, 1.807) is 14.2 Å². The van der Waals surface area contributed by atoms with Crippen molar-refractivity contribution in [2.75, 3.05) is 7.11 Å². The minimum atomic E-state index is -0.400. The molecule has 0 aliphatic heterocycles. The number of benzene rings is 2. The number of imidazole rings is 1. The van der Waals surface area contributed by atoms with Crippen molar-refractivity contribution in [3.8, 4) is 17.1 Å². The summed E-state index contributed by atoms with van der Waals surface area (Å²) in [4.78, 5) is 30.0. The van der Waals surface area contributed by atoms with Gasteiger partial charge >= 0.3 is 5.69 Å². The van der Waals surface area contributed by atoms with Crippen LogP contribution in [0.4, 0.5) is 0 Å². The predicted molar refractivity (Wildman–Crippen MR) is 108 cm³/mol. The maximum atomic E-state index is 12.9. The molecule has 2 aromatic heterocycles. The van der Waals surface area contributed by atoms with Crippen molar-refractivity contribution in [3.05, 3.63) is 81.0 Å². The number of aromatic nitrogens is 4. The highest BCUT2D eigenvalue weighted by atomic mass is 16.5. The molecule has 28 heavy (non-hydrogen) atoms. The summed E-state index contributed by atoms with van der Waals surface area (Å²) >= 11 is 0. The van der Waals surface area contributed by atoms with Crippen molar-refractivity contribution in [2.45, 2.75) is 6.54 Å². The van der Waals surface area contributed by atoms with E-state index >= 15 is 0 Å². The van der Waals surface area contributed by atoms with Gasteiger partial charge in [-0.3, -0.25) is 13.9 Å². The Morgan fingerprint density at radius 2 is 1.61 bits per heavy atom. The van der Waals surface area contributed by atoms with Gasteiger partial charge in [-0.1, -0.05) is 30.3 Å². The van der Waals surface area contributed by atoms with Gasteiger partial charge in [0.1, 0.15) is 11.6 Å². The molecular formula is C21H20N4O3. The molecule has 0 radical (unpaired) electrons. The highest BCUT2D eigenvalue weighted by Crippen LogP contribution is 2.25. The summed E-state index contributed by atoms with van der Waals surface area (Å²) in [6.45, 7) is 0.464. The van der Waals surface area contributed by atoms with Crippen LogP contribution in [0.2, 0.25) is 0 Å². The Kier molecular flexibility index (Phi) is 4.35. The molecule has 142 valence electrons. The van der Waals surface area contributed by atoms with Crippen LogP contribution in [0.5, 0.6) is 5.75 Å². The zero-order valence-electron chi connectivity index (χ0n) is 15.9. The first-order valence-corrected chi connectivity index (χ1v) is 8.86. The van der Waals surface area contributed by atoms with Crippen LogP contribution in [0.25, 0.3) is 22.6 Å². The third-order valence-electron chi connectivity index (χ3n) is 4.88. The van der Waals surface area contributed by atoms with E-state index < -0.39 is 5.69 Å². The summed E-state index contributed by atoms with van der Waals surface area (Å²) in [7, 11) is 4.72. The molecule has 0 aliphatic rings. The minimum Gasteiger partial charge on any atom is -0.497 e. The molecule has 4 rings (SSSR count). The third kappa shape index (κ3) is 2.81. The first-order valence-electron chi connectivity index (χ1n) is 8.86. The largest absolute Gasteiger partial charge is 0.497 e. The molecule has 0 amide bonds. The highest BCUT2D eigenvalue weighted by Gasteiger charge is 2.20. The number of rotatable bonds is 4. The second kappa shape index (κ2) is 6.84. The summed E-state index contributed by atoms with van der Waals surface area (Å²) in [6.07, 6.45) is 0. The number of methoxy groups -OCH3 is 1. The number of hydrogen-bond acceptors (Lipinski definition) is 4. The van der Waals surface area contributed by atoms with Crippen molar-refractivity contribution in [2.24, 2.45) is 14.1 Å². The molecule has 2 heterocycles. The van der Waals surface area contributed by atoms with Crippen LogP contribution >= 0.6 is 0 Å². The predicted octanol–water partition coefficient (Wildman–Crippen LogP) is 2.16. The number of aryl methyl sites for hydroxylation is 1. The SMILES string of the molecule is COc1ccc(-c2nc3c(c(=O)n(C)c(=O)n3C)n2Cc2ccccc2)cc1. The number of nitrogens with zero attached hydrogens (tertiary/aromatic N) is 4. The Balaban J connectivity index is 2.03. The second-order valence-electron chi connectivity index (χ2n) is 6.61. The van der Waals surface area contributed by atoms with E-state index in [0.29, 0.717) is 23.5 Å². The van der Waals surface area contributed by atoms with Gasteiger partial charge in [-0.15, -0.1) is 0 Å². The van der Waals surface area contributed by atoms with Crippen molar-refractivity contribution in [1.29, 1.82) is 0 Å². The summed E-state index contributed by atoms with van der Waals surface area (Å²) in [5.74, 6) is 1.36. The number of ether oxygens (including phenoxy) is 1. The topological polar surface area (TPSA) is 71.1 Å². The average molecular weight is 376 g/mol. The molecule has 0 fully saturated rings. The smallest absolute Gasteiger partial charge is 0.332 e. The van der Waals surface area contributed by atoms with E-state index in [2.05, 4.69) is 4.98 Å². The lowest BCUT2D eigenvalue weighted by atomic mass is 10.2. The number of fused-ring (bicyclic) bond motifs is 1. The molecule has 0 saturated heterocycles. The van der Waals surface area contributed by atoms with Gasteiger partial charge in [0, 0.05) is 26.2 Å².